The molecule has 1 saturated heterocycles. The highest BCUT2D eigenvalue weighted by molar-refractivity contribution is 7.89. The molecule has 0 aliphatic carbocycles. The molecule has 1 unspecified atom stereocenters. The maximum absolute atomic E-state index is 12.4. The van der Waals surface area contributed by atoms with Gasteiger partial charge < -0.3 is 0 Å². The Kier molecular flexibility index (Phi) is 4.76. The Bertz CT molecular complexity index is 518. The molecule has 1 fully saturated rings. The van der Waals surface area contributed by atoms with Crippen LogP contribution in [0.1, 0.15) is 32.6 Å². The van der Waals surface area contributed by atoms with Crippen LogP contribution in [0.4, 0.5) is 0 Å². The van der Waals surface area contributed by atoms with E-state index < -0.39 is 10.0 Å². The summed E-state index contributed by atoms with van der Waals surface area (Å²) in [5.74, 6) is 0.627. The fraction of sp³-hybridized carbons (Fsp3) is 0.667. The first kappa shape index (κ1) is 14.7. The summed E-state index contributed by atoms with van der Waals surface area (Å²) in [6.07, 6.45) is 6.58. The smallest absolute Gasteiger partial charge is 0.225 e. The Balaban J connectivity index is 2.17. The molecule has 1 aliphatic rings. The summed E-state index contributed by atoms with van der Waals surface area (Å²) in [5, 5.41) is 0.0564. The summed E-state index contributed by atoms with van der Waals surface area (Å²) < 4.78 is 26.4. The molecule has 5 nitrogen and oxygen atoms in total. The van der Waals surface area contributed by atoms with Gasteiger partial charge in [0.05, 0.1) is 12.4 Å². The van der Waals surface area contributed by atoms with Gasteiger partial charge in [0.1, 0.15) is 4.90 Å². The fourth-order valence-electron chi connectivity index (χ4n) is 2.37. The van der Waals surface area contributed by atoms with Gasteiger partial charge >= 0.3 is 0 Å². The number of aromatic nitrogens is 2. The van der Waals surface area contributed by atoms with E-state index in [1.165, 1.54) is 16.7 Å². The highest BCUT2D eigenvalue weighted by Crippen LogP contribution is 2.24. The molecule has 2 rings (SSSR count). The molecule has 0 N–H and O–H groups in total. The minimum absolute atomic E-state index is 0.0564. The molecule has 1 aromatic heterocycles. The van der Waals surface area contributed by atoms with Crippen LogP contribution in [0.15, 0.2) is 17.3 Å². The van der Waals surface area contributed by atoms with Gasteiger partial charge in [-0.25, -0.2) is 18.4 Å². The Labute approximate surface area is 119 Å². The minimum atomic E-state index is -3.48. The molecule has 0 amide bonds. The first-order valence-corrected chi connectivity index (χ1v) is 8.33. The predicted octanol–water partition coefficient (Wildman–Crippen LogP) is 2.33. The average Bonchev–Trinajstić information content (AvgIpc) is 2.65. The number of sulfonamides is 1. The Morgan fingerprint density at radius 1 is 1.32 bits per heavy atom. The predicted molar refractivity (Wildman–Crippen MR) is 73.4 cm³/mol. The lowest BCUT2D eigenvalue weighted by molar-refractivity contribution is 0.407. The fourth-order valence-corrected chi connectivity index (χ4v) is 3.85. The highest BCUT2D eigenvalue weighted by atomic mass is 35.5. The molecule has 106 valence electrons. The molecule has 2 heterocycles. The topological polar surface area (TPSA) is 63.2 Å². The second-order valence-corrected chi connectivity index (χ2v) is 7.07. The van der Waals surface area contributed by atoms with Crippen LogP contribution >= 0.6 is 11.6 Å². The summed E-state index contributed by atoms with van der Waals surface area (Å²) in [6.45, 7) is 3.30. The van der Waals surface area contributed by atoms with E-state index in [0.717, 1.165) is 25.7 Å². The van der Waals surface area contributed by atoms with Crippen LogP contribution in [-0.4, -0.2) is 35.8 Å². The largest absolute Gasteiger partial charge is 0.246 e. The standard InChI is InChI=1S/C12H18ClN3O2S/c1-2-10-4-3-6-16(7-5-10)19(17,18)11-8-14-12(13)15-9-11/h8-10H,2-7H2,1H3. The first-order chi connectivity index (χ1) is 9.04. The second-order valence-electron chi connectivity index (χ2n) is 4.80. The molecule has 0 spiro atoms. The molecular formula is C12H18ClN3O2S. The summed E-state index contributed by atoms with van der Waals surface area (Å²) in [6, 6.07) is 0. The number of hydrogen-bond acceptors (Lipinski definition) is 4. The zero-order valence-corrected chi connectivity index (χ0v) is 12.5. The van der Waals surface area contributed by atoms with Gasteiger partial charge in [-0.1, -0.05) is 13.3 Å². The summed E-state index contributed by atoms with van der Waals surface area (Å²) in [4.78, 5) is 7.60. The van der Waals surface area contributed by atoms with E-state index in [9.17, 15) is 8.42 Å². The van der Waals surface area contributed by atoms with Crippen molar-refractivity contribution in [3.05, 3.63) is 17.7 Å². The van der Waals surface area contributed by atoms with Crippen molar-refractivity contribution in [2.24, 2.45) is 5.92 Å². The summed E-state index contributed by atoms with van der Waals surface area (Å²) in [7, 11) is -3.48. The van der Waals surface area contributed by atoms with Crippen molar-refractivity contribution in [2.45, 2.75) is 37.5 Å². The van der Waals surface area contributed by atoms with Crippen molar-refractivity contribution in [1.82, 2.24) is 14.3 Å². The van der Waals surface area contributed by atoms with Gasteiger partial charge in [-0.15, -0.1) is 0 Å². The Morgan fingerprint density at radius 2 is 2.00 bits per heavy atom. The van der Waals surface area contributed by atoms with Crippen molar-refractivity contribution in [1.29, 1.82) is 0 Å². The molecule has 0 saturated carbocycles. The third kappa shape index (κ3) is 3.43. The van der Waals surface area contributed by atoms with Crippen molar-refractivity contribution in [3.63, 3.8) is 0 Å². The van der Waals surface area contributed by atoms with E-state index in [0.29, 0.717) is 19.0 Å². The van der Waals surface area contributed by atoms with Crippen LogP contribution in [0, 0.1) is 5.92 Å². The van der Waals surface area contributed by atoms with Crippen LogP contribution in [0.25, 0.3) is 0 Å². The van der Waals surface area contributed by atoms with E-state index in [1.54, 1.807) is 0 Å². The van der Waals surface area contributed by atoms with E-state index >= 15 is 0 Å². The third-order valence-corrected chi connectivity index (χ3v) is 5.67. The molecule has 7 heteroatoms. The maximum atomic E-state index is 12.4. The van der Waals surface area contributed by atoms with Gasteiger partial charge in [0, 0.05) is 13.1 Å². The molecule has 1 atom stereocenters. The highest BCUT2D eigenvalue weighted by Gasteiger charge is 2.27. The zero-order chi connectivity index (χ0) is 13.9. The second kappa shape index (κ2) is 6.15. The SMILES string of the molecule is CCC1CCCN(S(=O)(=O)c2cnc(Cl)nc2)CC1. The quantitative estimate of drug-likeness (QED) is 0.804. The lowest BCUT2D eigenvalue weighted by atomic mass is 9.98. The van der Waals surface area contributed by atoms with E-state index in [-0.39, 0.29) is 10.2 Å². The number of halogens is 1. The Morgan fingerprint density at radius 3 is 2.63 bits per heavy atom. The number of rotatable bonds is 3. The van der Waals surface area contributed by atoms with Gasteiger partial charge in [-0.05, 0) is 36.8 Å². The third-order valence-electron chi connectivity index (χ3n) is 3.62. The van der Waals surface area contributed by atoms with Crippen molar-refractivity contribution in [2.75, 3.05) is 13.1 Å². The molecule has 0 radical (unpaired) electrons. The van der Waals surface area contributed by atoms with E-state index in [4.69, 9.17) is 11.6 Å². The van der Waals surface area contributed by atoms with Crippen molar-refractivity contribution < 1.29 is 8.42 Å². The van der Waals surface area contributed by atoms with Gasteiger partial charge in [0.2, 0.25) is 15.3 Å². The first-order valence-electron chi connectivity index (χ1n) is 6.51. The summed E-state index contributed by atoms with van der Waals surface area (Å²) >= 11 is 5.58. The zero-order valence-electron chi connectivity index (χ0n) is 10.9. The van der Waals surface area contributed by atoms with Gasteiger partial charge in [-0.2, -0.15) is 4.31 Å². The van der Waals surface area contributed by atoms with Crippen LogP contribution in [-0.2, 0) is 10.0 Å². The van der Waals surface area contributed by atoms with Gasteiger partial charge in [-0.3, -0.25) is 0 Å². The Hall–Kier alpha value is -0.720. The number of hydrogen-bond donors (Lipinski definition) is 0. The molecule has 19 heavy (non-hydrogen) atoms. The molecule has 0 aromatic carbocycles. The van der Waals surface area contributed by atoms with E-state index in [1.807, 2.05) is 0 Å². The average molecular weight is 304 g/mol. The van der Waals surface area contributed by atoms with Gasteiger partial charge in [0.15, 0.2) is 0 Å². The minimum Gasteiger partial charge on any atom is -0.225 e. The van der Waals surface area contributed by atoms with Crippen molar-refractivity contribution in [3.8, 4) is 0 Å². The molecule has 0 bridgehead atoms. The van der Waals surface area contributed by atoms with Crippen LogP contribution < -0.4 is 0 Å². The van der Waals surface area contributed by atoms with E-state index in [2.05, 4.69) is 16.9 Å². The monoisotopic (exact) mass is 303 g/mol. The number of nitrogens with zero attached hydrogens (tertiary/aromatic N) is 3. The van der Waals surface area contributed by atoms with Crippen LogP contribution in [0.3, 0.4) is 0 Å². The lowest BCUT2D eigenvalue weighted by Crippen LogP contribution is -2.32. The molecular weight excluding hydrogens is 286 g/mol. The maximum Gasteiger partial charge on any atom is 0.246 e. The normalized spacial score (nSPS) is 22.1. The van der Waals surface area contributed by atoms with Crippen LogP contribution in [0.5, 0.6) is 0 Å². The van der Waals surface area contributed by atoms with Crippen LogP contribution in [0.2, 0.25) is 5.28 Å². The molecule has 1 aliphatic heterocycles. The summed E-state index contributed by atoms with van der Waals surface area (Å²) in [5.41, 5.74) is 0. The van der Waals surface area contributed by atoms with Gasteiger partial charge in [0.25, 0.3) is 0 Å². The lowest BCUT2D eigenvalue weighted by Gasteiger charge is -2.19. The molecule has 1 aromatic rings. The van der Waals surface area contributed by atoms with Crippen molar-refractivity contribution >= 4 is 21.6 Å².